The first-order chi connectivity index (χ1) is 16.3. The molecule has 0 atom stereocenters. The molecule has 0 fully saturated rings. The predicted molar refractivity (Wildman–Crippen MR) is 125 cm³/mol. The monoisotopic (exact) mass is 492 g/mol. The Hall–Kier alpha value is -4.02. The number of methoxy groups -OCH3 is 1. The van der Waals surface area contributed by atoms with Gasteiger partial charge in [-0.2, -0.15) is 13.2 Å². The molecule has 0 bridgehead atoms. The van der Waals surface area contributed by atoms with Crippen LogP contribution in [-0.2, 0) is 10.2 Å². The van der Waals surface area contributed by atoms with Crippen molar-refractivity contribution in [2.45, 2.75) is 32.4 Å². The molecule has 1 aromatic heterocycles. The third kappa shape index (κ3) is 8.05. The number of nitrogens with zero attached hydrogens (tertiary/aromatic N) is 2. The van der Waals surface area contributed by atoms with Crippen LogP contribution in [-0.4, -0.2) is 46.5 Å². The summed E-state index contributed by atoms with van der Waals surface area (Å²) in [5.41, 5.74) is 3.45. The van der Waals surface area contributed by atoms with Gasteiger partial charge in [0.15, 0.2) is 0 Å². The van der Waals surface area contributed by atoms with E-state index in [0.29, 0.717) is 18.0 Å². The van der Waals surface area contributed by atoms with Crippen LogP contribution in [0.3, 0.4) is 0 Å². The lowest BCUT2D eigenvalue weighted by atomic mass is 9.85. The number of halogens is 3. The summed E-state index contributed by atoms with van der Waals surface area (Å²) in [5, 5.41) is 12.9. The molecule has 1 heterocycles. The van der Waals surface area contributed by atoms with Crippen LogP contribution >= 0.6 is 0 Å². The largest absolute Gasteiger partial charge is 0.494 e. The Morgan fingerprint density at radius 2 is 1.74 bits per heavy atom. The van der Waals surface area contributed by atoms with Crippen LogP contribution in [0.2, 0.25) is 0 Å². The van der Waals surface area contributed by atoms with E-state index in [9.17, 15) is 18.0 Å². The second-order valence-corrected chi connectivity index (χ2v) is 8.17. The van der Waals surface area contributed by atoms with Gasteiger partial charge in [-0.15, -0.1) is 0 Å². The number of carbonyl (C=O) groups excluding carboxylic acids is 1. The molecule has 3 N–H and O–H groups in total. The highest BCUT2D eigenvalue weighted by atomic mass is 19.4. The topological polar surface area (TPSA) is 105 Å². The number of carbonyl (C=O) groups is 2. The summed E-state index contributed by atoms with van der Waals surface area (Å²) in [6.45, 7) is 6.66. The maximum absolute atomic E-state index is 12.4. The van der Waals surface area contributed by atoms with Gasteiger partial charge in [-0.1, -0.05) is 44.2 Å². The number of nitrogens with one attached hydrogen (secondary N) is 2. The lowest BCUT2D eigenvalue weighted by molar-refractivity contribution is -0.192. The van der Waals surface area contributed by atoms with Crippen LogP contribution in [0, 0.1) is 6.92 Å². The molecule has 3 rings (SSSR count). The fraction of sp³-hybridized carbons (Fsp3) is 0.292. The Morgan fingerprint density at radius 1 is 1.11 bits per heavy atom. The number of carboxylic acids is 1. The lowest BCUT2D eigenvalue weighted by Crippen LogP contribution is -2.38. The maximum Gasteiger partial charge on any atom is 0.490 e. The first-order valence-electron chi connectivity index (χ1n) is 10.4. The number of amides is 2. The molecule has 0 spiro atoms. The summed E-state index contributed by atoms with van der Waals surface area (Å²) < 4.78 is 39.1. The minimum absolute atomic E-state index is 0.167. The molecule has 2 amide bonds. The van der Waals surface area contributed by atoms with E-state index in [2.05, 4.69) is 41.6 Å². The number of imidazole rings is 1. The van der Waals surface area contributed by atoms with Crippen LogP contribution in [0.15, 0.2) is 61.1 Å². The van der Waals surface area contributed by atoms with E-state index in [-0.39, 0.29) is 11.4 Å². The summed E-state index contributed by atoms with van der Waals surface area (Å²) in [6.07, 6.45) is -1.43. The summed E-state index contributed by atoms with van der Waals surface area (Å²) in [5.74, 6) is -2.10. The molecule has 0 aliphatic heterocycles. The fourth-order valence-electron chi connectivity index (χ4n) is 2.99. The zero-order chi connectivity index (χ0) is 26.2. The van der Waals surface area contributed by atoms with Crippen molar-refractivity contribution in [3.63, 3.8) is 0 Å². The lowest BCUT2D eigenvalue weighted by Gasteiger charge is -2.25. The second kappa shape index (κ2) is 11.4. The van der Waals surface area contributed by atoms with Crippen LogP contribution < -0.4 is 15.4 Å². The normalized spacial score (nSPS) is 11.2. The minimum atomic E-state index is -5.08. The van der Waals surface area contributed by atoms with E-state index in [0.717, 1.165) is 11.4 Å². The highest BCUT2D eigenvalue weighted by molar-refractivity contribution is 5.89. The second-order valence-electron chi connectivity index (χ2n) is 8.17. The Morgan fingerprint density at radius 3 is 2.26 bits per heavy atom. The van der Waals surface area contributed by atoms with Gasteiger partial charge >= 0.3 is 18.2 Å². The third-order valence-corrected chi connectivity index (χ3v) is 4.92. The van der Waals surface area contributed by atoms with Crippen molar-refractivity contribution < 1.29 is 32.6 Å². The van der Waals surface area contributed by atoms with E-state index >= 15 is 0 Å². The number of rotatable bonds is 6. The fourth-order valence-corrected chi connectivity index (χ4v) is 2.99. The van der Waals surface area contributed by atoms with E-state index in [1.807, 2.05) is 48.0 Å². The van der Waals surface area contributed by atoms with Crippen LogP contribution in [0.1, 0.15) is 25.1 Å². The van der Waals surface area contributed by atoms with Gasteiger partial charge in [0.1, 0.15) is 5.75 Å². The minimum Gasteiger partial charge on any atom is -0.494 e. The molecule has 3 aromatic rings. The Balaban J connectivity index is 0.000000540. The number of urea groups is 1. The molecule has 2 aromatic carbocycles. The van der Waals surface area contributed by atoms with E-state index < -0.39 is 12.1 Å². The molecule has 0 aliphatic carbocycles. The third-order valence-electron chi connectivity index (χ3n) is 4.92. The number of hydrogen-bond donors (Lipinski definition) is 3. The molecule has 11 heteroatoms. The average Bonchev–Trinajstić information content (AvgIpc) is 3.24. The van der Waals surface area contributed by atoms with Crippen molar-refractivity contribution >= 4 is 17.7 Å². The molecular weight excluding hydrogens is 465 g/mol. The van der Waals surface area contributed by atoms with Crippen LogP contribution in [0.5, 0.6) is 5.75 Å². The molecule has 35 heavy (non-hydrogen) atoms. The molecule has 0 saturated heterocycles. The first kappa shape index (κ1) is 27.2. The molecule has 0 radical (unpaired) electrons. The van der Waals surface area contributed by atoms with Crippen molar-refractivity contribution in [1.82, 2.24) is 14.9 Å². The highest BCUT2D eigenvalue weighted by Gasteiger charge is 2.38. The van der Waals surface area contributed by atoms with Gasteiger partial charge in [-0.05, 0) is 24.6 Å². The quantitative estimate of drug-likeness (QED) is 0.453. The zero-order valence-electron chi connectivity index (χ0n) is 19.7. The zero-order valence-corrected chi connectivity index (χ0v) is 19.7. The standard InChI is InChI=1S/C22H26N4O2.C2HF3O2/c1-16-13-26(15-24-16)19-11-10-18(12-20(19)28-4)25-21(27)23-14-22(2,3)17-8-6-5-7-9-17;3-2(4,5)1(6)7/h5-13,15H,14H2,1-4H3,(H2,23,25,27);(H,6,7). The van der Waals surface area contributed by atoms with Crippen LogP contribution in [0.4, 0.5) is 23.7 Å². The molecule has 0 aliphatic rings. The Bertz CT molecular complexity index is 1150. The summed E-state index contributed by atoms with van der Waals surface area (Å²) >= 11 is 0. The number of aliphatic carboxylic acids is 1. The summed E-state index contributed by atoms with van der Waals surface area (Å²) in [6, 6.07) is 15.4. The Labute approximate surface area is 200 Å². The number of alkyl halides is 3. The smallest absolute Gasteiger partial charge is 0.490 e. The number of aryl methyl sites for hydroxylation is 1. The average molecular weight is 492 g/mol. The van der Waals surface area contributed by atoms with Gasteiger partial charge in [0.2, 0.25) is 0 Å². The molecule has 8 nitrogen and oxygen atoms in total. The van der Waals surface area contributed by atoms with Crippen LogP contribution in [0.25, 0.3) is 5.69 Å². The van der Waals surface area contributed by atoms with Crippen molar-refractivity contribution in [2.75, 3.05) is 19.0 Å². The number of anilines is 1. The number of aromatic nitrogens is 2. The SMILES string of the molecule is COc1cc(NC(=O)NCC(C)(C)c2ccccc2)ccc1-n1cnc(C)c1.O=C(O)C(F)(F)F. The van der Waals surface area contributed by atoms with E-state index in [4.69, 9.17) is 14.6 Å². The van der Waals surface area contributed by atoms with Crippen molar-refractivity contribution in [2.24, 2.45) is 0 Å². The number of ether oxygens (including phenoxy) is 1. The predicted octanol–water partition coefficient (Wildman–Crippen LogP) is 4.92. The van der Waals surface area contributed by atoms with Gasteiger partial charge in [-0.25, -0.2) is 14.6 Å². The summed E-state index contributed by atoms with van der Waals surface area (Å²) in [4.78, 5) is 25.5. The molecule has 0 unspecified atom stereocenters. The number of benzene rings is 2. The van der Waals surface area contributed by atoms with Crippen molar-refractivity contribution in [3.05, 3.63) is 72.3 Å². The molecule has 0 saturated carbocycles. The summed E-state index contributed by atoms with van der Waals surface area (Å²) in [7, 11) is 1.61. The highest BCUT2D eigenvalue weighted by Crippen LogP contribution is 2.27. The Kier molecular flexibility index (Phi) is 8.87. The van der Waals surface area contributed by atoms with Gasteiger partial charge < -0.3 is 25.0 Å². The van der Waals surface area contributed by atoms with E-state index in [1.54, 1.807) is 19.5 Å². The van der Waals surface area contributed by atoms with Crippen molar-refractivity contribution in [3.8, 4) is 11.4 Å². The maximum atomic E-state index is 12.4. The van der Waals surface area contributed by atoms with Gasteiger partial charge in [-0.3, -0.25) is 0 Å². The molecular formula is C24H27F3N4O4. The number of carboxylic acid groups (broad SMARTS) is 1. The molecule has 188 valence electrons. The van der Waals surface area contributed by atoms with E-state index in [1.165, 1.54) is 5.56 Å². The van der Waals surface area contributed by atoms with Gasteiger partial charge in [0.05, 0.1) is 24.8 Å². The first-order valence-corrected chi connectivity index (χ1v) is 10.4. The van der Waals surface area contributed by atoms with Gasteiger partial charge in [0.25, 0.3) is 0 Å². The number of hydrogen-bond acceptors (Lipinski definition) is 4. The van der Waals surface area contributed by atoms with Crippen molar-refractivity contribution in [1.29, 1.82) is 0 Å². The van der Waals surface area contributed by atoms with Gasteiger partial charge in [0, 0.05) is 29.9 Å².